The van der Waals surface area contributed by atoms with Crippen molar-refractivity contribution in [3.63, 3.8) is 0 Å². The largest absolute Gasteiger partial charge is 0.461 e. The Bertz CT molecular complexity index is 220. The number of hydrogen-bond donors (Lipinski definition) is 0. The number of rotatable bonds is 3. The average molecular weight is 182 g/mol. The molecule has 0 amide bonds. The maximum Gasteiger partial charge on any atom is 0.316 e. The van der Waals surface area contributed by atoms with Gasteiger partial charge in [-0.15, -0.1) is 0 Å². The van der Waals surface area contributed by atoms with Gasteiger partial charge in [-0.1, -0.05) is 19.1 Å². The first-order valence-corrected chi connectivity index (χ1v) is 4.56. The van der Waals surface area contributed by atoms with E-state index in [1.807, 2.05) is 0 Å². The maximum atomic E-state index is 11.3. The molecule has 1 unspecified atom stereocenters. The van der Waals surface area contributed by atoms with Crippen LogP contribution in [0.4, 0.5) is 0 Å². The summed E-state index contributed by atoms with van der Waals surface area (Å²) in [7, 11) is 0. The van der Waals surface area contributed by atoms with Crippen molar-refractivity contribution in [3.05, 3.63) is 12.7 Å². The van der Waals surface area contributed by atoms with Crippen molar-refractivity contribution in [2.24, 2.45) is 5.92 Å². The molecule has 72 valence electrons. The van der Waals surface area contributed by atoms with E-state index in [0.717, 1.165) is 12.8 Å². The van der Waals surface area contributed by atoms with Crippen molar-refractivity contribution >= 4 is 11.8 Å². The van der Waals surface area contributed by atoms with Crippen LogP contribution in [0, 0.1) is 5.92 Å². The highest BCUT2D eigenvalue weighted by Crippen LogP contribution is 2.21. The molecule has 1 aliphatic rings. The number of ether oxygens (including phenoxy) is 1. The van der Waals surface area contributed by atoms with Crippen LogP contribution in [0.1, 0.15) is 25.7 Å². The molecule has 0 aromatic rings. The SMILES string of the molecule is C=CCOC(=O)C1CCCCC1=O. The molecule has 0 bridgehead atoms. The van der Waals surface area contributed by atoms with Crippen LogP contribution in [-0.2, 0) is 14.3 Å². The van der Waals surface area contributed by atoms with E-state index in [4.69, 9.17) is 4.74 Å². The van der Waals surface area contributed by atoms with Gasteiger partial charge in [0.1, 0.15) is 18.3 Å². The summed E-state index contributed by atoms with van der Waals surface area (Å²) >= 11 is 0. The first-order chi connectivity index (χ1) is 6.25. The van der Waals surface area contributed by atoms with Gasteiger partial charge in [-0.05, 0) is 12.8 Å². The molecule has 0 heterocycles. The maximum absolute atomic E-state index is 11.3. The molecule has 1 fully saturated rings. The zero-order valence-electron chi connectivity index (χ0n) is 7.62. The zero-order chi connectivity index (χ0) is 9.68. The molecular weight excluding hydrogens is 168 g/mol. The lowest BCUT2D eigenvalue weighted by Crippen LogP contribution is -2.28. The summed E-state index contributed by atoms with van der Waals surface area (Å²) in [6.07, 6.45) is 4.53. The Hall–Kier alpha value is -1.12. The van der Waals surface area contributed by atoms with E-state index < -0.39 is 5.92 Å². The van der Waals surface area contributed by atoms with Gasteiger partial charge in [0.2, 0.25) is 0 Å². The monoisotopic (exact) mass is 182 g/mol. The van der Waals surface area contributed by atoms with Crippen LogP contribution < -0.4 is 0 Å². The van der Waals surface area contributed by atoms with Crippen LogP contribution in [0.25, 0.3) is 0 Å². The van der Waals surface area contributed by atoms with Crippen LogP contribution >= 0.6 is 0 Å². The predicted octanol–water partition coefficient (Wildman–Crippen LogP) is 1.47. The first-order valence-electron chi connectivity index (χ1n) is 4.56. The van der Waals surface area contributed by atoms with Crippen molar-refractivity contribution in [1.29, 1.82) is 0 Å². The Morgan fingerprint density at radius 3 is 3.00 bits per heavy atom. The fraction of sp³-hybridized carbons (Fsp3) is 0.600. The highest BCUT2D eigenvalue weighted by Gasteiger charge is 2.29. The van der Waals surface area contributed by atoms with E-state index in [1.54, 1.807) is 0 Å². The second-order valence-electron chi connectivity index (χ2n) is 3.18. The molecule has 0 aromatic heterocycles. The third-order valence-electron chi connectivity index (χ3n) is 2.18. The Kier molecular flexibility index (Phi) is 3.68. The number of hydrogen-bond acceptors (Lipinski definition) is 3. The molecule has 0 N–H and O–H groups in total. The fourth-order valence-corrected chi connectivity index (χ4v) is 1.47. The second kappa shape index (κ2) is 4.80. The summed E-state index contributed by atoms with van der Waals surface area (Å²) in [5.41, 5.74) is 0. The number of Topliss-reactive ketones (excluding diaryl/α,β-unsaturated/α-hetero) is 1. The Labute approximate surface area is 77.8 Å². The molecule has 0 aliphatic heterocycles. The lowest BCUT2D eigenvalue weighted by atomic mass is 9.88. The van der Waals surface area contributed by atoms with E-state index in [0.29, 0.717) is 12.8 Å². The zero-order valence-corrected chi connectivity index (χ0v) is 7.62. The topological polar surface area (TPSA) is 43.4 Å². The minimum Gasteiger partial charge on any atom is -0.461 e. The van der Waals surface area contributed by atoms with Gasteiger partial charge in [0.25, 0.3) is 0 Å². The Morgan fingerprint density at radius 2 is 2.38 bits per heavy atom. The molecule has 3 nitrogen and oxygen atoms in total. The highest BCUT2D eigenvalue weighted by atomic mass is 16.5. The molecule has 0 radical (unpaired) electrons. The van der Waals surface area contributed by atoms with Crippen molar-refractivity contribution < 1.29 is 14.3 Å². The van der Waals surface area contributed by atoms with E-state index in [9.17, 15) is 9.59 Å². The van der Waals surface area contributed by atoms with Crippen LogP contribution in [-0.4, -0.2) is 18.4 Å². The van der Waals surface area contributed by atoms with Crippen LogP contribution in [0.3, 0.4) is 0 Å². The molecule has 1 saturated carbocycles. The third kappa shape index (κ3) is 2.68. The number of esters is 1. The average Bonchev–Trinajstić information content (AvgIpc) is 2.15. The lowest BCUT2D eigenvalue weighted by Gasteiger charge is -2.18. The lowest BCUT2D eigenvalue weighted by molar-refractivity contribution is -0.152. The summed E-state index contributed by atoms with van der Waals surface area (Å²) in [4.78, 5) is 22.5. The van der Waals surface area contributed by atoms with Gasteiger partial charge in [0.15, 0.2) is 0 Å². The van der Waals surface area contributed by atoms with Crippen molar-refractivity contribution in [1.82, 2.24) is 0 Å². The Morgan fingerprint density at radius 1 is 1.62 bits per heavy atom. The normalized spacial score (nSPS) is 22.5. The van der Waals surface area contributed by atoms with Gasteiger partial charge in [0, 0.05) is 6.42 Å². The molecule has 1 rings (SSSR count). The van der Waals surface area contributed by atoms with E-state index in [2.05, 4.69) is 6.58 Å². The van der Waals surface area contributed by atoms with Crippen molar-refractivity contribution in [3.8, 4) is 0 Å². The quantitative estimate of drug-likeness (QED) is 0.377. The summed E-state index contributed by atoms with van der Waals surface area (Å²) in [6.45, 7) is 3.63. The molecule has 0 aromatic carbocycles. The molecule has 0 saturated heterocycles. The van der Waals surface area contributed by atoms with Gasteiger partial charge >= 0.3 is 5.97 Å². The molecular formula is C10H14O3. The van der Waals surface area contributed by atoms with Crippen LogP contribution in [0.2, 0.25) is 0 Å². The van der Waals surface area contributed by atoms with Crippen molar-refractivity contribution in [2.75, 3.05) is 6.61 Å². The number of carbonyl (C=O) groups is 2. The minimum absolute atomic E-state index is 0.0281. The standard InChI is InChI=1S/C10H14O3/c1-2-7-13-10(12)8-5-3-4-6-9(8)11/h2,8H,1,3-7H2. The summed E-state index contributed by atoms with van der Waals surface area (Å²) in [5, 5.41) is 0. The molecule has 1 atom stereocenters. The smallest absolute Gasteiger partial charge is 0.316 e. The summed E-state index contributed by atoms with van der Waals surface area (Å²) < 4.78 is 4.82. The second-order valence-corrected chi connectivity index (χ2v) is 3.18. The highest BCUT2D eigenvalue weighted by molar-refractivity contribution is 5.99. The molecule has 1 aliphatic carbocycles. The van der Waals surface area contributed by atoms with E-state index in [1.165, 1.54) is 6.08 Å². The van der Waals surface area contributed by atoms with Crippen molar-refractivity contribution in [2.45, 2.75) is 25.7 Å². The molecule has 0 spiro atoms. The number of carbonyl (C=O) groups excluding carboxylic acids is 2. The number of ketones is 1. The minimum atomic E-state index is -0.506. The van der Waals surface area contributed by atoms with E-state index >= 15 is 0 Å². The summed E-state index contributed by atoms with van der Waals surface area (Å²) in [5.74, 6) is -0.862. The van der Waals surface area contributed by atoms with Gasteiger partial charge in [-0.3, -0.25) is 9.59 Å². The molecule has 3 heteroatoms. The first kappa shape index (κ1) is 9.96. The third-order valence-corrected chi connectivity index (χ3v) is 2.18. The van der Waals surface area contributed by atoms with Crippen LogP contribution in [0.5, 0.6) is 0 Å². The van der Waals surface area contributed by atoms with Gasteiger partial charge < -0.3 is 4.74 Å². The fourth-order valence-electron chi connectivity index (χ4n) is 1.47. The van der Waals surface area contributed by atoms with Gasteiger partial charge in [0.05, 0.1) is 0 Å². The Balaban J connectivity index is 2.43. The summed E-state index contributed by atoms with van der Waals surface area (Å²) in [6, 6.07) is 0. The predicted molar refractivity (Wildman–Crippen MR) is 48.1 cm³/mol. The van der Waals surface area contributed by atoms with Gasteiger partial charge in [-0.25, -0.2) is 0 Å². The van der Waals surface area contributed by atoms with Gasteiger partial charge in [-0.2, -0.15) is 0 Å². The van der Waals surface area contributed by atoms with Crippen LogP contribution in [0.15, 0.2) is 12.7 Å². The molecule has 13 heavy (non-hydrogen) atoms. The van der Waals surface area contributed by atoms with E-state index in [-0.39, 0.29) is 18.4 Å².